The highest BCUT2D eigenvalue weighted by molar-refractivity contribution is 9.10. The predicted molar refractivity (Wildman–Crippen MR) is 111 cm³/mol. The summed E-state index contributed by atoms with van der Waals surface area (Å²) >= 11 is 4.86. The van der Waals surface area contributed by atoms with Crippen molar-refractivity contribution >= 4 is 43.2 Å². The fourth-order valence-electron chi connectivity index (χ4n) is 3.32. The maximum Gasteiger partial charge on any atom is 0.245 e. The van der Waals surface area contributed by atoms with E-state index in [4.69, 9.17) is 0 Å². The van der Waals surface area contributed by atoms with E-state index < -0.39 is 16.1 Å². The second-order valence-electron chi connectivity index (χ2n) is 6.76. The van der Waals surface area contributed by atoms with Crippen molar-refractivity contribution in [2.75, 3.05) is 6.54 Å². The Kier molecular flexibility index (Phi) is 6.40. The summed E-state index contributed by atoms with van der Waals surface area (Å²) in [6, 6.07) is 8.54. The molecule has 1 N–H and O–H groups in total. The Bertz CT molecular complexity index is 923. The van der Waals surface area contributed by atoms with Crippen LogP contribution in [0.25, 0.3) is 0 Å². The van der Waals surface area contributed by atoms with Crippen molar-refractivity contribution in [2.45, 2.75) is 50.6 Å². The average Bonchev–Trinajstić information content (AvgIpc) is 2.83. The Morgan fingerprint density at radius 3 is 2.56 bits per heavy atom. The Balaban J connectivity index is 2.04. The van der Waals surface area contributed by atoms with Crippen LogP contribution in [0.4, 0.5) is 0 Å². The molecule has 2 heterocycles. The Hall–Kier alpha value is -1.22. The molecule has 3 rings (SSSR count). The fourth-order valence-corrected chi connectivity index (χ4v) is 6.72. The van der Waals surface area contributed by atoms with Crippen LogP contribution in [-0.4, -0.2) is 31.2 Å². The molecule has 1 aliphatic rings. The van der Waals surface area contributed by atoms with E-state index in [2.05, 4.69) is 21.2 Å². The molecule has 5 nitrogen and oxygen atoms in total. The lowest BCUT2D eigenvalue weighted by molar-refractivity contribution is -0.124. The number of hydrogen-bond acceptors (Lipinski definition) is 4. The van der Waals surface area contributed by atoms with E-state index in [0.717, 1.165) is 32.6 Å². The van der Waals surface area contributed by atoms with Gasteiger partial charge in [0.2, 0.25) is 15.9 Å². The van der Waals surface area contributed by atoms with Crippen molar-refractivity contribution in [3.05, 3.63) is 50.1 Å². The van der Waals surface area contributed by atoms with Gasteiger partial charge in [0.25, 0.3) is 0 Å². The lowest BCUT2D eigenvalue weighted by Gasteiger charge is -2.29. The molecule has 1 unspecified atom stereocenters. The summed E-state index contributed by atoms with van der Waals surface area (Å²) < 4.78 is 29.4. The number of sulfonamides is 1. The highest BCUT2D eigenvalue weighted by Gasteiger charge is 2.37. The van der Waals surface area contributed by atoms with E-state index >= 15 is 0 Å². The average molecular weight is 471 g/mol. The Labute approximate surface area is 173 Å². The van der Waals surface area contributed by atoms with Gasteiger partial charge in [-0.2, -0.15) is 4.31 Å². The Morgan fingerprint density at radius 2 is 1.93 bits per heavy atom. The third kappa shape index (κ3) is 4.62. The minimum Gasteiger partial charge on any atom is -0.355 e. The van der Waals surface area contributed by atoms with Crippen molar-refractivity contribution in [3.8, 4) is 0 Å². The maximum atomic E-state index is 13.5. The molecule has 1 amide bonds. The van der Waals surface area contributed by atoms with E-state index in [1.807, 2.05) is 38.1 Å². The molecular formula is C19H23BrN2O3S2. The second-order valence-corrected chi connectivity index (χ2v) is 11.0. The molecule has 146 valence electrons. The molecule has 8 heteroatoms. The SMILES string of the molecule is Cc1cc(S(=O)(=O)N(Cc2ccc(Br)cc2)C2CCCCNC2=O)c(C)s1. The zero-order valence-corrected chi connectivity index (χ0v) is 18.6. The molecule has 1 saturated heterocycles. The third-order valence-electron chi connectivity index (χ3n) is 4.69. The number of aryl methyl sites for hydroxylation is 2. The number of halogens is 1. The van der Waals surface area contributed by atoms with Gasteiger partial charge in [0.1, 0.15) is 6.04 Å². The highest BCUT2D eigenvalue weighted by Crippen LogP contribution is 2.31. The minimum atomic E-state index is -3.80. The van der Waals surface area contributed by atoms with Gasteiger partial charge in [-0.1, -0.05) is 28.1 Å². The van der Waals surface area contributed by atoms with Crippen molar-refractivity contribution < 1.29 is 13.2 Å². The first-order valence-corrected chi connectivity index (χ1v) is 11.9. The molecule has 0 bridgehead atoms. The van der Waals surface area contributed by atoms with E-state index in [1.54, 1.807) is 6.07 Å². The molecular weight excluding hydrogens is 448 g/mol. The van der Waals surface area contributed by atoms with Crippen molar-refractivity contribution in [1.29, 1.82) is 0 Å². The van der Waals surface area contributed by atoms with Crippen molar-refractivity contribution in [1.82, 2.24) is 9.62 Å². The number of hydrogen-bond donors (Lipinski definition) is 1. The Morgan fingerprint density at radius 1 is 1.22 bits per heavy atom. The monoisotopic (exact) mass is 470 g/mol. The topological polar surface area (TPSA) is 66.5 Å². The lowest BCUT2D eigenvalue weighted by Crippen LogP contribution is -2.48. The third-order valence-corrected chi connectivity index (χ3v) is 8.29. The maximum absolute atomic E-state index is 13.5. The summed E-state index contributed by atoms with van der Waals surface area (Å²) in [5.41, 5.74) is 0.850. The van der Waals surface area contributed by atoms with E-state index in [9.17, 15) is 13.2 Å². The summed E-state index contributed by atoms with van der Waals surface area (Å²) in [6.07, 6.45) is 2.21. The standard InChI is InChI=1S/C19H23BrN2O3S2/c1-13-11-18(14(2)26-13)27(24,25)22(12-15-6-8-16(20)9-7-15)17-5-3-4-10-21-19(17)23/h6-9,11,17H,3-5,10,12H2,1-2H3,(H,21,23). The molecule has 1 atom stereocenters. The molecule has 27 heavy (non-hydrogen) atoms. The number of benzene rings is 1. The van der Waals surface area contributed by atoms with Gasteiger partial charge in [0.05, 0.1) is 4.90 Å². The summed E-state index contributed by atoms with van der Waals surface area (Å²) in [6.45, 7) is 4.48. The molecule has 1 aliphatic heterocycles. The summed E-state index contributed by atoms with van der Waals surface area (Å²) in [5.74, 6) is -0.210. The van der Waals surface area contributed by atoms with Gasteiger partial charge >= 0.3 is 0 Å². The highest BCUT2D eigenvalue weighted by atomic mass is 79.9. The van der Waals surface area contributed by atoms with Crippen LogP contribution in [0, 0.1) is 13.8 Å². The number of rotatable bonds is 5. The smallest absolute Gasteiger partial charge is 0.245 e. The normalized spacial score (nSPS) is 18.4. The minimum absolute atomic E-state index is 0.169. The van der Waals surface area contributed by atoms with Crippen LogP contribution in [0.3, 0.4) is 0 Å². The number of nitrogens with zero attached hydrogens (tertiary/aromatic N) is 1. The van der Waals surface area contributed by atoms with E-state index in [-0.39, 0.29) is 12.5 Å². The number of amides is 1. The number of carbonyl (C=O) groups is 1. The van der Waals surface area contributed by atoms with Gasteiger partial charge in [0.15, 0.2) is 0 Å². The summed E-state index contributed by atoms with van der Waals surface area (Å²) in [7, 11) is -3.80. The molecule has 1 aromatic heterocycles. The first-order valence-electron chi connectivity index (χ1n) is 8.90. The van der Waals surface area contributed by atoms with Crippen LogP contribution in [0.15, 0.2) is 39.7 Å². The van der Waals surface area contributed by atoms with Gasteiger partial charge in [-0.25, -0.2) is 8.42 Å². The summed E-state index contributed by atoms with van der Waals surface area (Å²) in [4.78, 5) is 14.6. The van der Waals surface area contributed by atoms with Crippen molar-refractivity contribution in [3.63, 3.8) is 0 Å². The molecule has 1 aromatic carbocycles. The van der Waals surface area contributed by atoms with Crippen LogP contribution < -0.4 is 5.32 Å². The van der Waals surface area contributed by atoms with Crippen LogP contribution >= 0.6 is 27.3 Å². The molecule has 1 fully saturated rings. The van der Waals surface area contributed by atoms with Gasteiger partial charge in [-0.05, 0) is 56.9 Å². The van der Waals surface area contributed by atoms with Crippen LogP contribution in [0.2, 0.25) is 0 Å². The molecule has 0 saturated carbocycles. The van der Waals surface area contributed by atoms with Gasteiger partial charge in [-0.15, -0.1) is 11.3 Å². The molecule has 0 aliphatic carbocycles. The number of thiophene rings is 1. The molecule has 0 spiro atoms. The number of carbonyl (C=O) groups excluding carboxylic acids is 1. The predicted octanol–water partition coefficient (Wildman–Crippen LogP) is 3.99. The van der Waals surface area contributed by atoms with E-state index in [1.165, 1.54) is 15.6 Å². The van der Waals surface area contributed by atoms with Crippen LogP contribution in [-0.2, 0) is 21.4 Å². The quantitative estimate of drug-likeness (QED) is 0.718. The first kappa shape index (κ1) is 20.5. The number of nitrogens with one attached hydrogen (secondary N) is 1. The molecule has 2 aromatic rings. The first-order chi connectivity index (χ1) is 12.8. The zero-order chi connectivity index (χ0) is 19.6. The van der Waals surface area contributed by atoms with E-state index in [0.29, 0.717) is 17.9 Å². The fraction of sp³-hybridized carbons (Fsp3) is 0.421. The molecule has 0 radical (unpaired) electrons. The second kappa shape index (κ2) is 8.43. The lowest BCUT2D eigenvalue weighted by atomic mass is 10.1. The van der Waals surface area contributed by atoms with Crippen LogP contribution in [0.1, 0.15) is 34.6 Å². The van der Waals surface area contributed by atoms with Gasteiger partial charge in [0, 0.05) is 27.3 Å². The zero-order valence-electron chi connectivity index (χ0n) is 15.4. The largest absolute Gasteiger partial charge is 0.355 e. The van der Waals surface area contributed by atoms with Crippen LogP contribution in [0.5, 0.6) is 0 Å². The summed E-state index contributed by atoms with van der Waals surface area (Å²) in [5, 5.41) is 2.86. The van der Waals surface area contributed by atoms with Crippen molar-refractivity contribution in [2.24, 2.45) is 0 Å². The van der Waals surface area contributed by atoms with Gasteiger partial charge < -0.3 is 5.32 Å². The van der Waals surface area contributed by atoms with Gasteiger partial charge in [-0.3, -0.25) is 4.79 Å².